The Morgan fingerprint density at radius 1 is 1.41 bits per heavy atom. The maximum Gasteiger partial charge on any atom is 0.236 e. The molecule has 1 aromatic carbocycles. The topological polar surface area (TPSA) is 64.4 Å². The molecule has 0 aromatic heterocycles. The Morgan fingerprint density at radius 3 is 2.65 bits per heavy atom. The molecule has 0 saturated heterocycles. The van der Waals surface area contributed by atoms with Crippen LogP contribution in [0, 0.1) is 0 Å². The summed E-state index contributed by atoms with van der Waals surface area (Å²) in [5, 5.41) is 2.68. The van der Waals surface area contributed by atoms with Gasteiger partial charge in [-0.2, -0.15) is 0 Å². The number of carbonyl (C=O) groups is 1. The minimum absolute atomic E-state index is 0. The van der Waals surface area contributed by atoms with Gasteiger partial charge in [-0.1, -0.05) is 30.3 Å². The zero-order chi connectivity index (χ0) is 11.8. The van der Waals surface area contributed by atoms with Gasteiger partial charge in [-0.15, -0.1) is 12.4 Å². The van der Waals surface area contributed by atoms with Crippen molar-refractivity contribution in [2.24, 2.45) is 5.73 Å². The molecule has 1 rings (SSSR count). The standard InChI is InChI=1S/C12H18N2O2.ClH/c1-10(13)12(15)14-7-8-16-9-11-5-3-2-4-6-11;/h2-6,10H,7-9,13H2,1H3,(H,14,15);1H/t10-;/m1./s1. The summed E-state index contributed by atoms with van der Waals surface area (Å²) in [6.07, 6.45) is 0. The molecule has 17 heavy (non-hydrogen) atoms. The van der Waals surface area contributed by atoms with E-state index in [2.05, 4.69) is 5.32 Å². The van der Waals surface area contributed by atoms with Crippen LogP contribution in [0.2, 0.25) is 0 Å². The molecule has 0 aliphatic heterocycles. The molecule has 5 heteroatoms. The fourth-order valence-corrected chi connectivity index (χ4v) is 1.17. The summed E-state index contributed by atoms with van der Waals surface area (Å²) in [5.41, 5.74) is 6.51. The van der Waals surface area contributed by atoms with Crippen LogP contribution in [0.4, 0.5) is 0 Å². The average molecular weight is 259 g/mol. The van der Waals surface area contributed by atoms with E-state index in [1.165, 1.54) is 0 Å². The quantitative estimate of drug-likeness (QED) is 0.751. The van der Waals surface area contributed by atoms with E-state index in [-0.39, 0.29) is 18.3 Å². The molecule has 1 atom stereocenters. The van der Waals surface area contributed by atoms with Gasteiger partial charge in [0.15, 0.2) is 0 Å². The van der Waals surface area contributed by atoms with E-state index in [0.717, 1.165) is 5.56 Å². The summed E-state index contributed by atoms with van der Waals surface area (Å²) in [6.45, 7) is 3.20. The average Bonchev–Trinajstić information content (AvgIpc) is 2.29. The molecule has 0 aliphatic rings. The van der Waals surface area contributed by atoms with Crippen molar-refractivity contribution in [2.75, 3.05) is 13.2 Å². The van der Waals surface area contributed by atoms with E-state index in [9.17, 15) is 4.79 Å². The number of amides is 1. The molecule has 1 amide bonds. The van der Waals surface area contributed by atoms with Crippen molar-refractivity contribution in [1.29, 1.82) is 0 Å². The van der Waals surface area contributed by atoms with Crippen molar-refractivity contribution in [3.8, 4) is 0 Å². The van der Waals surface area contributed by atoms with Crippen molar-refractivity contribution in [1.82, 2.24) is 5.32 Å². The van der Waals surface area contributed by atoms with Crippen LogP contribution in [-0.4, -0.2) is 25.1 Å². The number of hydrogen-bond donors (Lipinski definition) is 2. The second-order valence-electron chi connectivity index (χ2n) is 3.62. The van der Waals surface area contributed by atoms with Gasteiger partial charge in [-0.25, -0.2) is 0 Å². The van der Waals surface area contributed by atoms with Crippen LogP contribution in [-0.2, 0) is 16.1 Å². The summed E-state index contributed by atoms with van der Waals surface area (Å²) >= 11 is 0. The highest BCUT2D eigenvalue weighted by Crippen LogP contribution is 1.99. The first kappa shape index (κ1) is 15.9. The van der Waals surface area contributed by atoms with Crippen molar-refractivity contribution in [3.05, 3.63) is 35.9 Å². The molecule has 96 valence electrons. The third kappa shape index (κ3) is 6.94. The summed E-state index contributed by atoms with van der Waals surface area (Å²) in [5.74, 6) is -0.150. The van der Waals surface area contributed by atoms with Crippen molar-refractivity contribution in [3.63, 3.8) is 0 Å². The maximum atomic E-state index is 11.1. The maximum absolute atomic E-state index is 11.1. The number of nitrogens with one attached hydrogen (secondary N) is 1. The zero-order valence-corrected chi connectivity index (χ0v) is 10.7. The van der Waals surface area contributed by atoms with E-state index in [0.29, 0.717) is 19.8 Å². The number of halogens is 1. The van der Waals surface area contributed by atoms with Gasteiger partial charge in [-0.3, -0.25) is 4.79 Å². The first-order valence-electron chi connectivity index (χ1n) is 5.35. The molecule has 0 bridgehead atoms. The van der Waals surface area contributed by atoms with Crippen molar-refractivity contribution in [2.45, 2.75) is 19.6 Å². The summed E-state index contributed by atoms with van der Waals surface area (Å²) < 4.78 is 5.39. The van der Waals surface area contributed by atoms with Crippen LogP contribution < -0.4 is 11.1 Å². The minimum Gasteiger partial charge on any atom is -0.375 e. The monoisotopic (exact) mass is 258 g/mol. The number of carbonyl (C=O) groups excluding carboxylic acids is 1. The second-order valence-corrected chi connectivity index (χ2v) is 3.62. The number of hydrogen-bond acceptors (Lipinski definition) is 3. The van der Waals surface area contributed by atoms with Gasteiger partial charge < -0.3 is 15.8 Å². The summed E-state index contributed by atoms with van der Waals surface area (Å²) in [4.78, 5) is 11.1. The third-order valence-corrected chi connectivity index (χ3v) is 2.07. The lowest BCUT2D eigenvalue weighted by atomic mass is 10.2. The van der Waals surface area contributed by atoms with Gasteiger partial charge in [0.1, 0.15) is 0 Å². The molecule has 0 heterocycles. The van der Waals surface area contributed by atoms with E-state index in [1.54, 1.807) is 6.92 Å². The Morgan fingerprint density at radius 2 is 2.06 bits per heavy atom. The minimum atomic E-state index is -0.464. The molecule has 0 spiro atoms. The molecule has 0 radical (unpaired) electrons. The Labute approximate surface area is 108 Å². The number of rotatable bonds is 6. The normalized spacial score (nSPS) is 11.4. The number of ether oxygens (including phenoxy) is 1. The Bertz CT molecular complexity index is 318. The summed E-state index contributed by atoms with van der Waals surface area (Å²) in [7, 11) is 0. The van der Waals surface area contributed by atoms with Crippen LogP contribution in [0.25, 0.3) is 0 Å². The fourth-order valence-electron chi connectivity index (χ4n) is 1.17. The molecular formula is C12H19ClN2O2. The lowest BCUT2D eigenvalue weighted by Crippen LogP contribution is -2.39. The Hall–Kier alpha value is -1.10. The van der Waals surface area contributed by atoms with Crippen LogP contribution in [0.5, 0.6) is 0 Å². The lowest BCUT2D eigenvalue weighted by molar-refractivity contribution is -0.122. The number of benzene rings is 1. The van der Waals surface area contributed by atoms with Crippen LogP contribution >= 0.6 is 12.4 Å². The van der Waals surface area contributed by atoms with Gasteiger partial charge in [0.05, 0.1) is 19.3 Å². The predicted molar refractivity (Wildman–Crippen MR) is 70.0 cm³/mol. The molecule has 0 saturated carbocycles. The van der Waals surface area contributed by atoms with Gasteiger partial charge in [0.25, 0.3) is 0 Å². The molecule has 3 N–H and O–H groups in total. The van der Waals surface area contributed by atoms with E-state index < -0.39 is 6.04 Å². The van der Waals surface area contributed by atoms with Gasteiger partial charge in [0.2, 0.25) is 5.91 Å². The van der Waals surface area contributed by atoms with Gasteiger partial charge >= 0.3 is 0 Å². The van der Waals surface area contributed by atoms with Gasteiger partial charge in [-0.05, 0) is 12.5 Å². The number of nitrogens with two attached hydrogens (primary N) is 1. The molecule has 0 unspecified atom stereocenters. The second kappa shape index (κ2) is 8.98. The highest BCUT2D eigenvalue weighted by molar-refractivity contribution is 5.85. The molecule has 4 nitrogen and oxygen atoms in total. The Kier molecular flexibility index (Phi) is 8.40. The highest BCUT2D eigenvalue weighted by Gasteiger charge is 2.04. The third-order valence-electron chi connectivity index (χ3n) is 2.07. The van der Waals surface area contributed by atoms with Crippen LogP contribution in [0.1, 0.15) is 12.5 Å². The largest absolute Gasteiger partial charge is 0.375 e. The lowest BCUT2D eigenvalue weighted by Gasteiger charge is -2.08. The zero-order valence-electron chi connectivity index (χ0n) is 9.89. The van der Waals surface area contributed by atoms with Gasteiger partial charge in [0, 0.05) is 6.54 Å². The van der Waals surface area contributed by atoms with Crippen LogP contribution in [0.15, 0.2) is 30.3 Å². The first-order valence-corrected chi connectivity index (χ1v) is 5.35. The predicted octanol–water partition coefficient (Wildman–Crippen LogP) is 1.09. The molecule has 0 fully saturated rings. The van der Waals surface area contributed by atoms with Crippen LogP contribution in [0.3, 0.4) is 0 Å². The SMILES string of the molecule is C[C@@H](N)C(=O)NCCOCc1ccccc1.Cl. The molecule has 0 aliphatic carbocycles. The smallest absolute Gasteiger partial charge is 0.236 e. The molecule has 1 aromatic rings. The molecular weight excluding hydrogens is 240 g/mol. The summed E-state index contributed by atoms with van der Waals surface area (Å²) in [6, 6.07) is 9.44. The van der Waals surface area contributed by atoms with E-state index in [1.807, 2.05) is 30.3 Å². The van der Waals surface area contributed by atoms with E-state index in [4.69, 9.17) is 10.5 Å². The first-order chi connectivity index (χ1) is 7.70. The Balaban J connectivity index is 0.00000256. The fraction of sp³-hybridized carbons (Fsp3) is 0.417. The van der Waals surface area contributed by atoms with E-state index >= 15 is 0 Å². The van der Waals surface area contributed by atoms with Crippen molar-refractivity contribution < 1.29 is 9.53 Å². The van der Waals surface area contributed by atoms with Crippen molar-refractivity contribution >= 4 is 18.3 Å². The highest BCUT2D eigenvalue weighted by atomic mass is 35.5.